The highest BCUT2D eigenvalue weighted by molar-refractivity contribution is 7.17. The lowest BCUT2D eigenvalue weighted by Gasteiger charge is -2.35. The molecule has 2 amide bonds. The first-order valence-electron chi connectivity index (χ1n) is 8.70. The van der Waals surface area contributed by atoms with Gasteiger partial charge in [-0.3, -0.25) is 19.7 Å². The Bertz CT molecular complexity index is 954. The number of benzene rings is 1. The number of nitro groups is 1. The van der Waals surface area contributed by atoms with Crippen LogP contribution in [0.15, 0.2) is 30.3 Å². The summed E-state index contributed by atoms with van der Waals surface area (Å²) in [5, 5.41) is 11.3. The van der Waals surface area contributed by atoms with E-state index in [4.69, 9.17) is 16.3 Å². The summed E-state index contributed by atoms with van der Waals surface area (Å²) in [5.41, 5.74) is 0.916. The first kappa shape index (κ1) is 18.7. The highest BCUT2D eigenvalue weighted by Gasteiger charge is 2.35. The van der Waals surface area contributed by atoms with Crippen LogP contribution in [0.1, 0.15) is 15.2 Å². The average Bonchev–Trinajstić information content (AvgIpc) is 3.34. The molecule has 0 aliphatic carbocycles. The number of piperazine rings is 1. The molecule has 0 radical (unpaired) electrons. The fourth-order valence-corrected chi connectivity index (χ4v) is 4.37. The van der Waals surface area contributed by atoms with Crippen LogP contribution < -0.4 is 4.74 Å². The van der Waals surface area contributed by atoms with Crippen molar-refractivity contribution in [2.24, 2.45) is 0 Å². The largest absolute Gasteiger partial charge is 0.480 e. The number of halogens is 1. The fourth-order valence-electron chi connectivity index (χ4n) is 3.39. The molecule has 2 aliphatic rings. The lowest BCUT2D eigenvalue weighted by molar-refractivity contribution is -0.380. The smallest absolute Gasteiger partial charge is 0.324 e. The van der Waals surface area contributed by atoms with E-state index in [0.29, 0.717) is 48.2 Å². The highest BCUT2D eigenvalue weighted by atomic mass is 35.5. The van der Waals surface area contributed by atoms with Gasteiger partial charge in [-0.15, -0.1) is 0 Å². The predicted molar refractivity (Wildman–Crippen MR) is 103 cm³/mol. The van der Waals surface area contributed by atoms with Crippen LogP contribution in [0.5, 0.6) is 5.75 Å². The first-order valence-corrected chi connectivity index (χ1v) is 9.89. The van der Waals surface area contributed by atoms with Crippen LogP contribution in [0.2, 0.25) is 5.02 Å². The molecular weight excluding hydrogens is 406 g/mol. The Morgan fingerprint density at radius 3 is 2.54 bits per heavy atom. The van der Waals surface area contributed by atoms with Gasteiger partial charge in [0.25, 0.3) is 11.8 Å². The number of carbonyl (C=O) groups is 2. The van der Waals surface area contributed by atoms with Gasteiger partial charge >= 0.3 is 5.00 Å². The minimum Gasteiger partial charge on any atom is -0.480 e. The zero-order valence-corrected chi connectivity index (χ0v) is 16.2. The molecule has 10 heteroatoms. The number of ether oxygens (including phenoxy) is 1. The third-order valence-electron chi connectivity index (χ3n) is 4.83. The van der Waals surface area contributed by atoms with E-state index >= 15 is 0 Å². The summed E-state index contributed by atoms with van der Waals surface area (Å²) in [6.45, 7) is 1.55. The molecule has 0 saturated carbocycles. The topological polar surface area (TPSA) is 93.0 Å². The van der Waals surface area contributed by atoms with Crippen molar-refractivity contribution in [3.05, 3.63) is 55.9 Å². The van der Waals surface area contributed by atoms with Gasteiger partial charge in [-0.05, 0) is 29.8 Å². The minimum atomic E-state index is -0.573. The first-order chi connectivity index (χ1) is 13.4. The van der Waals surface area contributed by atoms with Crippen molar-refractivity contribution in [1.29, 1.82) is 0 Å². The van der Waals surface area contributed by atoms with Crippen molar-refractivity contribution >= 4 is 39.8 Å². The van der Waals surface area contributed by atoms with E-state index < -0.39 is 11.0 Å². The van der Waals surface area contributed by atoms with Crippen molar-refractivity contribution in [2.45, 2.75) is 12.5 Å². The monoisotopic (exact) mass is 421 g/mol. The quantitative estimate of drug-likeness (QED) is 0.561. The van der Waals surface area contributed by atoms with E-state index in [-0.39, 0.29) is 16.8 Å². The molecule has 1 atom stereocenters. The predicted octanol–water partition coefficient (Wildman–Crippen LogP) is 2.60. The number of rotatable bonds is 3. The lowest BCUT2D eigenvalue weighted by Crippen LogP contribution is -2.53. The van der Waals surface area contributed by atoms with Crippen LogP contribution in [0.25, 0.3) is 0 Å². The summed E-state index contributed by atoms with van der Waals surface area (Å²) in [5.74, 6) is 0.325. The van der Waals surface area contributed by atoms with Gasteiger partial charge < -0.3 is 14.5 Å². The van der Waals surface area contributed by atoms with E-state index in [9.17, 15) is 19.7 Å². The minimum absolute atomic E-state index is 0.0600. The number of hydrogen-bond donors (Lipinski definition) is 0. The molecule has 1 unspecified atom stereocenters. The van der Waals surface area contributed by atoms with Gasteiger partial charge in [0, 0.05) is 43.7 Å². The van der Waals surface area contributed by atoms with Gasteiger partial charge in [-0.25, -0.2) is 0 Å². The summed E-state index contributed by atoms with van der Waals surface area (Å²) in [7, 11) is 0. The highest BCUT2D eigenvalue weighted by Crippen LogP contribution is 2.32. The lowest BCUT2D eigenvalue weighted by atomic mass is 10.1. The van der Waals surface area contributed by atoms with E-state index in [0.717, 1.165) is 16.9 Å². The second-order valence-electron chi connectivity index (χ2n) is 6.58. The molecule has 4 rings (SSSR count). The summed E-state index contributed by atoms with van der Waals surface area (Å²) in [6, 6.07) is 8.10. The maximum Gasteiger partial charge on any atom is 0.324 e. The van der Waals surface area contributed by atoms with Crippen LogP contribution in [0.3, 0.4) is 0 Å². The van der Waals surface area contributed by atoms with Gasteiger partial charge in [0.1, 0.15) is 5.75 Å². The second kappa shape index (κ2) is 7.40. The molecule has 0 N–H and O–H groups in total. The van der Waals surface area contributed by atoms with Crippen LogP contribution in [-0.4, -0.2) is 58.8 Å². The summed E-state index contributed by atoms with van der Waals surface area (Å²) >= 11 is 6.85. The fraction of sp³-hybridized carbons (Fsp3) is 0.333. The van der Waals surface area contributed by atoms with Gasteiger partial charge in [-0.1, -0.05) is 22.9 Å². The van der Waals surface area contributed by atoms with Gasteiger partial charge in [0.2, 0.25) is 0 Å². The SMILES string of the molecule is O=C(c1ccc([N+](=O)[O-])s1)N1CCN(C(=O)C2Cc3cc(Cl)ccc3O2)CC1. The molecular formula is C18H16ClN3O5S. The summed E-state index contributed by atoms with van der Waals surface area (Å²) in [4.78, 5) is 39.2. The molecule has 1 aromatic heterocycles. The number of carbonyl (C=O) groups excluding carboxylic acids is 2. The molecule has 0 bridgehead atoms. The molecule has 2 aromatic rings. The van der Waals surface area contributed by atoms with Crippen molar-refractivity contribution in [3.63, 3.8) is 0 Å². The normalized spacial score (nSPS) is 18.5. The zero-order valence-electron chi connectivity index (χ0n) is 14.7. The Balaban J connectivity index is 1.34. The molecule has 8 nitrogen and oxygen atoms in total. The maximum absolute atomic E-state index is 12.8. The summed E-state index contributed by atoms with van der Waals surface area (Å²) in [6.07, 6.45) is -0.0946. The molecule has 146 valence electrons. The molecule has 1 fully saturated rings. The van der Waals surface area contributed by atoms with E-state index in [1.54, 1.807) is 28.0 Å². The van der Waals surface area contributed by atoms with Gasteiger partial charge in [0.05, 0.1) is 9.80 Å². The average molecular weight is 422 g/mol. The zero-order chi connectivity index (χ0) is 19.8. The van der Waals surface area contributed by atoms with Crippen molar-refractivity contribution in [2.75, 3.05) is 26.2 Å². The number of nitrogens with zero attached hydrogens (tertiary/aromatic N) is 3. The van der Waals surface area contributed by atoms with Crippen LogP contribution in [0, 0.1) is 10.1 Å². The Kier molecular flexibility index (Phi) is 4.94. The van der Waals surface area contributed by atoms with E-state index in [1.807, 2.05) is 0 Å². The molecule has 3 heterocycles. The molecule has 1 saturated heterocycles. The number of fused-ring (bicyclic) bond motifs is 1. The number of hydrogen-bond acceptors (Lipinski definition) is 6. The van der Waals surface area contributed by atoms with Crippen LogP contribution in [-0.2, 0) is 11.2 Å². The van der Waals surface area contributed by atoms with E-state index in [1.165, 1.54) is 12.1 Å². The molecule has 1 aromatic carbocycles. The summed E-state index contributed by atoms with van der Waals surface area (Å²) < 4.78 is 5.75. The number of thiophene rings is 1. The standard InChI is InChI=1S/C18H16ClN3O5S/c19-12-1-2-13-11(9-12)10-14(27-13)17(23)20-5-7-21(8-6-20)18(24)15-3-4-16(28-15)22(25)26/h1-4,9,14H,5-8,10H2. The Labute approximate surface area is 169 Å². The third kappa shape index (κ3) is 3.55. The number of amides is 2. The molecule has 2 aliphatic heterocycles. The van der Waals surface area contributed by atoms with Gasteiger partial charge in [-0.2, -0.15) is 0 Å². The van der Waals surface area contributed by atoms with Gasteiger partial charge in [0.15, 0.2) is 6.10 Å². The molecule has 28 heavy (non-hydrogen) atoms. The third-order valence-corrected chi connectivity index (χ3v) is 6.09. The Morgan fingerprint density at radius 2 is 1.86 bits per heavy atom. The van der Waals surface area contributed by atoms with Crippen molar-refractivity contribution < 1.29 is 19.2 Å². The van der Waals surface area contributed by atoms with Crippen LogP contribution >= 0.6 is 22.9 Å². The van der Waals surface area contributed by atoms with E-state index in [2.05, 4.69) is 0 Å². The molecule has 0 spiro atoms. The van der Waals surface area contributed by atoms with Crippen molar-refractivity contribution in [3.8, 4) is 5.75 Å². The van der Waals surface area contributed by atoms with Crippen LogP contribution in [0.4, 0.5) is 5.00 Å². The Morgan fingerprint density at radius 1 is 1.14 bits per heavy atom. The van der Waals surface area contributed by atoms with Crippen molar-refractivity contribution in [1.82, 2.24) is 9.80 Å². The maximum atomic E-state index is 12.8. The second-order valence-corrected chi connectivity index (χ2v) is 8.07. The Hall–Kier alpha value is -2.65.